The van der Waals surface area contributed by atoms with E-state index in [9.17, 15) is 23.4 Å². The quantitative estimate of drug-likeness (QED) is 0.134. The second-order valence-electron chi connectivity index (χ2n) is 7.87. The van der Waals surface area contributed by atoms with Gasteiger partial charge in [0.15, 0.2) is 0 Å². The number of hydrogen-bond donors (Lipinski definition) is 3. The maximum Gasteiger partial charge on any atom is 0.316 e. The summed E-state index contributed by atoms with van der Waals surface area (Å²) in [5.74, 6) is -0.430. The molecule has 9 heteroatoms. The Morgan fingerprint density at radius 2 is 1.83 bits per heavy atom. The molecule has 0 radical (unpaired) electrons. The minimum Gasteiger partial charge on any atom is -0.392 e. The number of unbranched alkanes of at least 4 members (excludes halogenated alkanes) is 6. The molecule has 1 heterocycles. The lowest BCUT2D eigenvalue weighted by molar-refractivity contribution is -0.525. The Morgan fingerprint density at radius 1 is 1.17 bits per heavy atom. The number of carbonyl (C=O) groups excluding carboxylic acids is 1. The van der Waals surface area contributed by atoms with Crippen molar-refractivity contribution in [3.05, 3.63) is 12.2 Å². The summed E-state index contributed by atoms with van der Waals surface area (Å²) < 4.78 is 32.5. The van der Waals surface area contributed by atoms with Gasteiger partial charge in [-0.15, -0.1) is 0 Å². The lowest BCUT2D eigenvalue weighted by Crippen LogP contribution is -2.40. The predicted molar refractivity (Wildman–Crippen MR) is 117 cm³/mol. The monoisotopic (exact) mass is 447 g/mol. The third-order valence-electron chi connectivity index (χ3n) is 5.11. The van der Waals surface area contributed by atoms with Crippen molar-refractivity contribution >= 4 is 21.7 Å². The van der Waals surface area contributed by atoms with E-state index in [2.05, 4.69) is 19.1 Å². The number of aliphatic hydroxyl groups is 2. The van der Waals surface area contributed by atoms with E-state index in [0.29, 0.717) is 38.3 Å². The summed E-state index contributed by atoms with van der Waals surface area (Å²) in [4.78, 5) is 14.5. The first-order chi connectivity index (χ1) is 14.3. The highest BCUT2D eigenvalue weighted by Gasteiger charge is 2.36. The van der Waals surface area contributed by atoms with Crippen molar-refractivity contribution in [2.75, 3.05) is 38.5 Å². The first-order valence-corrected chi connectivity index (χ1v) is 12.7. The van der Waals surface area contributed by atoms with Crippen molar-refractivity contribution in [1.29, 1.82) is 0 Å². The lowest BCUT2D eigenvalue weighted by atomic mass is 10.1. The van der Waals surface area contributed by atoms with Crippen molar-refractivity contribution in [3.63, 3.8) is 0 Å². The third kappa shape index (κ3) is 11.2. The van der Waals surface area contributed by atoms with E-state index in [1.807, 2.05) is 0 Å². The zero-order valence-electron chi connectivity index (χ0n) is 18.2. The van der Waals surface area contributed by atoms with Crippen LogP contribution in [0.15, 0.2) is 12.2 Å². The van der Waals surface area contributed by atoms with Crippen LogP contribution in [0.1, 0.15) is 64.7 Å². The van der Waals surface area contributed by atoms with Gasteiger partial charge in [-0.2, -0.15) is 8.42 Å². The number of hydrogen-bond acceptors (Lipinski definition) is 6. The van der Waals surface area contributed by atoms with E-state index >= 15 is 0 Å². The van der Waals surface area contributed by atoms with Gasteiger partial charge in [0, 0.05) is 6.42 Å². The summed E-state index contributed by atoms with van der Waals surface area (Å²) in [5.41, 5.74) is 0. The van der Waals surface area contributed by atoms with E-state index < -0.39 is 22.0 Å². The molecule has 0 aliphatic carbocycles. The Bertz CT molecular complexity index is 675. The molecule has 1 atom stereocenters. The maximum atomic E-state index is 12.8. The highest BCUT2D eigenvalue weighted by molar-refractivity contribution is 7.85. The highest BCUT2D eigenvalue weighted by Crippen LogP contribution is 2.10. The third-order valence-corrected chi connectivity index (χ3v) is 5.91. The van der Waals surface area contributed by atoms with E-state index in [1.54, 1.807) is 9.48 Å². The van der Waals surface area contributed by atoms with Gasteiger partial charge in [-0.05, 0) is 25.7 Å². The average molecular weight is 448 g/mol. The van der Waals surface area contributed by atoms with Crippen LogP contribution in [0.25, 0.3) is 0 Å². The van der Waals surface area contributed by atoms with E-state index in [1.165, 1.54) is 32.1 Å². The number of aliphatic hydroxyl groups excluding tert-OH is 2. The van der Waals surface area contributed by atoms with Gasteiger partial charge in [-0.3, -0.25) is 18.8 Å². The number of nitrogens with zero attached hydrogens (tertiary/aromatic N) is 2. The molecule has 1 aliphatic rings. The average Bonchev–Trinajstić information content (AvgIpc) is 3.04. The molecule has 0 aromatic heterocycles. The smallest absolute Gasteiger partial charge is 0.316 e. The van der Waals surface area contributed by atoms with E-state index in [4.69, 9.17) is 4.55 Å². The molecule has 1 rings (SSSR count). The number of Topliss-reactive ketones (excluding diaryl/α,β-unsaturated/α-hetero) is 1. The normalized spacial score (nSPS) is 16.1. The zero-order chi connectivity index (χ0) is 22.4. The number of rotatable bonds is 17. The summed E-state index contributed by atoms with van der Waals surface area (Å²) >= 11 is 0. The fourth-order valence-corrected chi connectivity index (χ4v) is 4.26. The minimum absolute atomic E-state index is 0.0548. The van der Waals surface area contributed by atoms with Crippen LogP contribution in [0, 0.1) is 0 Å². The Kier molecular flexibility index (Phi) is 13.1. The molecule has 0 spiro atoms. The summed E-state index contributed by atoms with van der Waals surface area (Å²) in [7, 11) is -4.29. The molecule has 1 unspecified atom stereocenters. The van der Waals surface area contributed by atoms with Gasteiger partial charge >= 0.3 is 5.84 Å². The van der Waals surface area contributed by atoms with Crippen LogP contribution in [0.4, 0.5) is 0 Å². The fraction of sp³-hybridized carbons (Fsp3) is 0.810. The molecule has 3 N–H and O–H groups in total. The summed E-state index contributed by atoms with van der Waals surface area (Å²) in [6, 6.07) is 0. The molecule has 8 nitrogen and oxygen atoms in total. The molecule has 0 fully saturated rings. The second-order valence-corrected chi connectivity index (χ2v) is 9.37. The van der Waals surface area contributed by atoms with Crippen LogP contribution in [0.2, 0.25) is 0 Å². The molecule has 0 aromatic rings. The van der Waals surface area contributed by atoms with Crippen LogP contribution in [0.3, 0.4) is 0 Å². The highest BCUT2D eigenvalue weighted by atomic mass is 32.2. The van der Waals surface area contributed by atoms with Gasteiger partial charge in [0.1, 0.15) is 38.0 Å². The minimum atomic E-state index is -4.29. The Balaban J connectivity index is 2.52. The van der Waals surface area contributed by atoms with Crippen LogP contribution in [-0.2, 0) is 14.9 Å². The fourth-order valence-electron chi connectivity index (χ4n) is 3.67. The number of ketones is 1. The van der Waals surface area contributed by atoms with Gasteiger partial charge in [-0.1, -0.05) is 44.8 Å². The van der Waals surface area contributed by atoms with Gasteiger partial charge in [0.05, 0.1) is 6.61 Å². The van der Waals surface area contributed by atoms with Crippen molar-refractivity contribution in [2.45, 2.75) is 70.8 Å². The van der Waals surface area contributed by atoms with Gasteiger partial charge < -0.3 is 10.2 Å². The summed E-state index contributed by atoms with van der Waals surface area (Å²) in [6.45, 7) is 3.35. The Hall–Kier alpha value is -1.29. The second kappa shape index (κ2) is 14.7. The molecule has 0 saturated carbocycles. The van der Waals surface area contributed by atoms with Crippen molar-refractivity contribution in [1.82, 2.24) is 4.90 Å². The molecule has 0 bridgehead atoms. The van der Waals surface area contributed by atoms with Gasteiger partial charge in [0.25, 0.3) is 10.1 Å². The molecule has 0 amide bonds. The van der Waals surface area contributed by atoms with Crippen molar-refractivity contribution in [3.8, 4) is 0 Å². The topological polar surface area (TPSA) is 118 Å². The predicted octanol–water partition coefficient (Wildman–Crippen LogP) is 1.61. The largest absolute Gasteiger partial charge is 0.392 e. The molecule has 0 saturated heterocycles. The van der Waals surface area contributed by atoms with Crippen LogP contribution in [0.5, 0.6) is 0 Å². The van der Waals surface area contributed by atoms with Gasteiger partial charge in [0.2, 0.25) is 5.78 Å². The standard InChI is InChI=1S/C21H38N2O6S/c1-2-3-4-5-6-7-8-9-10-11-12-20(26)21-22(15-16-24)13-14-23(21)17-19(25)18-30(27,28)29/h8-9,19,24-25H,2-7,10-18H2,1H3/p+1/b9-8+. The Labute approximate surface area is 181 Å². The van der Waals surface area contributed by atoms with Crippen molar-refractivity contribution < 1.29 is 32.6 Å². The lowest BCUT2D eigenvalue weighted by Gasteiger charge is -2.12. The number of allylic oxidation sites excluding steroid dienone is 2. The van der Waals surface area contributed by atoms with Crippen molar-refractivity contribution in [2.24, 2.45) is 0 Å². The SMILES string of the molecule is CCCCCCC/C=C/CCCC(=O)C1=[N+](CC(O)CS(=O)(=O)O)CCN1CCO. The molecule has 174 valence electrons. The van der Waals surface area contributed by atoms with Crippen LogP contribution in [-0.4, -0.2) is 88.9 Å². The van der Waals surface area contributed by atoms with Crippen LogP contribution >= 0.6 is 0 Å². The molecular weight excluding hydrogens is 408 g/mol. The summed E-state index contributed by atoms with van der Waals surface area (Å²) in [6.07, 6.45) is 12.2. The van der Waals surface area contributed by atoms with Crippen LogP contribution < -0.4 is 0 Å². The molecule has 1 aliphatic heterocycles. The first-order valence-electron chi connectivity index (χ1n) is 11.1. The maximum absolute atomic E-state index is 12.8. The summed E-state index contributed by atoms with van der Waals surface area (Å²) in [5, 5.41) is 19.2. The van der Waals surface area contributed by atoms with E-state index in [-0.39, 0.29) is 18.9 Å². The number of amidine groups is 1. The zero-order valence-corrected chi connectivity index (χ0v) is 19.0. The van der Waals surface area contributed by atoms with Gasteiger partial charge in [-0.25, -0.2) is 0 Å². The molecule has 30 heavy (non-hydrogen) atoms. The molecule has 0 aromatic carbocycles. The first kappa shape index (κ1) is 26.7. The number of carbonyl (C=O) groups is 1. The molecular formula is C21H39N2O6S+. The number of β-amino-alcohol motifs (C(OH)–C–C–N with tert-alkyl or cyclic N) is 2. The van der Waals surface area contributed by atoms with E-state index in [0.717, 1.165) is 12.8 Å². The Morgan fingerprint density at radius 3 is 2.47 bits per heavy atom.